The average Bonchev–Trinajstić information content (AvgIpc) is 3.10. The standard InChI is InChI=1S/C22H17NO2/c1-24-18-13-14-21-20(15-18)23-22(25-21)19-10-6-5-9-17(19)12-11-16-7-3-2-4-8-16/h2-15H,1H3/b12-11+. The van der Waals surface area contributed by atoms with Crippen molar-refractivity contribution in [2.24, 2.45) is 0 Å². The molecule has 1 aromatic heterocycles. The van der Waals surface area contributed by atoms with E-state index < -0.39 is 0 Å². The lowest BCUT2D eigenvalue weighted by Gasteiger charge is -2.01. The van der Waals surface area contributed by atoms with Crippen LogP contribution in [0, 0.1) is 0 Å². The summed E-state index contributed by atoms with van der Waals surface area (Å²) in [4.78, 5) is 4.63. The minimum absolute atomic E-state index is 0.608. The Labute approximate surface area is 146 Å². The highest BCUT2D eigenvalue weighted by Gasteiger charge is 2.11. The van der Waals surface area contributed by atoms with Gasteiger partial charge in [-0.3, -0.25) is 0 Å². The van der Waals surface area contributed by atoms with Gasteiger partial charge in [0, 0.05) is 11.6 Å². The van der Waals surface area contributed by atoms with Crippen molar-refractivity contribution in [3.8, 4) is 17.2 Å². The van der Waals surface area contributed by atoms with Crippen LogP contribution in [0.4, 0.5) is 0 Å². The van der Waals surface area contributed by atoms with Crippen molar-refractivity contribution >= 4 is 23.3 Å². The zero-order chi connectivity index (χ0) is 17.1. The molecular formula is C22H17NO2. The summed E-state index contributed by atoms with van der Waals surface area (Å²) in [5.41, 5.74) is 4.71. The minimum atomic E-state index is 0.608. The Hall–Kier alpha value is -3.33. The fourth-order valence-electron chi connectivity index (χ4n) is 2.74. The van der Waals surface area contributed by atoms with Gasteiger partial charge in [0.1, 0.15) is 11.3 Å². The van der Waals surface area contributed by atoms with E-state index in [2.05, 4.69) is 35.3 Å². The largest absolute Gasteiger partial charge is 0.497 e. The second-order valence-corrected chi connectivity index (χ2v) is 5.68. The van der Waals surface area contributed by atoms with E-state index in [0.29, 0.717) is 5.89 Å². The summed E-state index contributed by atoms with van der Waals surface area (Å²) in [7, 11) is 1.64. The van der Waals surface area contributed by atoms with Crippen LogP contribution in [-0.4, -0.2) is 12.1 Å². The summed E-state index contributed by atoms with van der Waals surface area (Å²) >= 11 is 0. The van der Waals surface area contributed by atoms with E-state index in [9.17, 15) is 0 Å². The van der Waals surface area contributed by atoms with Gasteiger partial charge in [0.25, 0.3) is 0 Å². The highest BCUT2D eigenvalue weighted by molar-refractivity contribution is 5.82. The Morgan fingerprint density at radius 3 is 2.52 bits per heavy atom. The molecule has 0 aliphatic carbocycles. The van der Waals surface area contributed by atoms with Gasteiger partial charge in [0.2, 0.25) is 5.89 Å². The highest BCUT2D eigenvalue weighted by Crippen LogP contribution is 2.29. The fourth-order valence-corrected chi connectivity index (χ4v) is 2.74. The number of rotatable bonds is 4. The maximum absolute atomic E-state index is 5.95. The first-order chi connectivity index (χ1) is 12.3. The molecule has 4 aromatic rings. The summed E-state index contributed by atoms with van der Waals surface area (Å²) in [6.07, 6.45) is 4.17. The normalized spacial score (nSPS) is 11.2. The third-order valence-electron chi connectivity index (χ3n) is 4.04. The van der Waals surface area contributed by atoms with Crippen LogP contribution in [0.3, 0.4) is 0 Å². The molecule has 0 saturated carbocycles. The van der Waals surface area contributed by atoms with E-state index in [1.54, 1.807) is 7.11 Å². The number of fused-ring (bicyclic) bond motifs is 1. The molecule has 25 heavy (non-hydrogen) atoms. The third kappa shape index (κ3) is 3.17. The molecule has 4 rings (SSSR count). The Bertz CT molecular complexity index is 1030. The lowest BCUT2D eigenvalue weighted by atomic mass is 10.1. The Morgan fingerprint density at radius 1 is 0.880 bits per heavy atom. The topological polar surface area (TPSA) is 35.3 Å². The van der Waals surface area contributed by atoms with Gasteiger partial charge in [-0.05, 0) is 29.3 Å². The maximum atomic E-state index is 5.95. The van der Waals surface area contributed by atoms with Crippen LogP contribution < -0.4 is 4.74 Å². The van der Waals surface area contributed by atoms with Crippen molar-refractivity contribution < 1.29 is 9.15 Å². The number of oxazole rings is 1. The minimum Gasteiger partial charge on any atom is -0.497 e. The monoisotopic (exact) mass is 327 g/mol. The summed E-state index contributed by atoms with van der Waals surface area (Å²) in [6.45, 7) is 0. The number of methoxy groups -OCH3 is 1. The average molecular weight is 327 g/mol. The van der Waals surface area contributed by atoms with Gasteiger partial charge in [-0.25, -0.2) is 4.98 Å². The van der Waals surface area contributed by atoms with Crippen molar-refractivity contribution in [1.82, 2.24) is 4.98 Å². The van der Waals surface area contributed by atoms with Crippen molar-refractivity contribution in [3.63, 3.8) is 0 Å². The molecule has 0 saturated heterocycles. The number of hydrogen-bond donors (Lipinski definition) is 0. The number of hydrogen-bond acceptors (Lipinski definition) is 3. The first-order valence-corrected chi connectivity index (χ1v) is 8.10. The quantitative estimate of drug-likeness (QED) is 0.453. The van der Waals surface area contributed by atoms with E-state index in [4.69, 9.17) is 9.15 Å². The van der Waals surface area contributed by atoms with Gasteiger partial charge in [0.15, 0.2) is 5.58 Å². The molecule has 0 bridgehead atoms. The van der Waals surface area contributed by atoms with E-state index in [1.165, 1.54) is 0 Å². The highest BCUT2D eigenvalue weighted by atomic mass is 16.5. The molecule has 0 radical (unpaired) electrons. The van der Waals surface area contributed by atoms with E-state index >= 15 is 0 Å². The number of aromatic nitrogens is 1. The Balaban J connectivity index is 1.75. The molecule has 0 aliphatic heterocycles. The molecule has 3 heteroatoms. The van der Waals surface area contributed by atoms with Gasteiger partial charge in [-0.2, -0.15) is 0 Å². The number of nitrogens with zero attached hydrogens (tertiary/aromatic N) is 1. The van der Waals surface area contributed by atoms with Gasteiger partial charge < -0.3 is 9.15 Å². The van der Waals surface area contributed by atoms with E-state index in [1.807, 2.05) is 54.6 Å². The van der Waals surface area contributed by atoms with Crippen LogP contribution >= 0.6 is 0 Å². The zero-order valence-electron chi connectivity index (χ0n) is 13.8. The molecule has 0 amide bonds. The van der Waals surface area contributed by atoms with Crippen LogP contribution in [0.5, 0.6) is 5.75 Å². The van der Waals surface area contributed by atoms with Crippen LogP contribution in [-0.2, 0) is 0 Å². The van der Waals surface area contributed by atoms with Gasteiger partial charge in [-0.1, -0.05) is 60.7 Å². The zero-order valence-corrected chi connectivity index (χ0v) is 13.8. The molecule has 0 N–H and O–H groups in total. The van der Waals surface area contributed by atoms with Crippen molar-refractivity contribution in [2.75, 3.05) is 7.11 Å². The summed E-state index contributed by atoms with van der Waals surface area (Å²) in [5.74, 6) is 1.38. The summed E-state index contributed by atoms with van der Waals surface area (Å²) in [6, 6.07) is 23.9. The van der Waals surface area contributed by atoms with Crippen LogP contribution in [0.15, 0.2) is 77.2 Å². The molecule has 3 nitrogen and oxygen atoms in total. The van der Waals surface area contributed by atoms with Crippen LogP contribution in [0.2, 0.25) is 0 Å². The lowest BCUT2D eigenvalue weighted by molar-refractivity contribution is 0.415. The predicted molar refractivity (Wildman–Crippen MR) is 101 cm³/mol. The van der Waals surface area contributed by atoms with Gasteiger partial charge in [0.05, 0.1) is 7.11 Å². The predicted octanol–water partition coefficient (Wildman–Crippen LogP) is 5.67. The Morgan fingerprint density at radius 2 is 1.68 bits per heavy atom. The molecule has 0 unspecified atom stereocenters. The van der Waals surface area contributed by atoms with Crippen molar-refractivity contribution in [2.45, 2.75) is 0 Å². The maximum Gasteiger partial charge on any atom is 0.227 e. The van der Waals surface area contributed by atoms with Gasteiger partial charge >= 0.3 is 0 Å². The Kier molecular flexibility index (Phi) is 4.05. The smallest absolute Gasteiger partial charge is 0.227 e. The third-order valence-corrected chi connectivity index (χ3v) is 4.04. The first-order valence-electron chi connectivity index (χ1n) is 8.10. The van der Waals surface area contributed by atoms with Crippen molar-refractivity contribution in [1.29, 1.82) is 0 Å². The van der Waals surface area contributed by atoms with E-state index in [0.717, 1.165) is 33.5 Å². The van der Waals surface area contributed by atoms with E-state index in [-0.39, 0.29) is 0 Å². The number of ether oxygens (including phenoxy) is 1. The lowest BCUT2D eigenvalue weighted by Crippen LogP contribution is -1.83. The fraction of sp³-hybridized carbons (Fsp3) is 0.0455. The SMILES string of the molecule is COc1ccc2oc(-c3ccccc3/C=C/c3ccccc3)nc2c1. The molecule has 0 spiro atoms. The molecule has 122 valence electrons. The molecule has 0 aliphatic rings. The summed E-state index contributed by atoms with van der Waals surface area (Å²) in [5, 5.41) is 0. The molecule has 1 heterocycles. The molecule has 0 fully saturated rings. The van der Waals surface area contributed by atoms with Crippen LogP contribution in [0.1, 0.15) is 11.1 Å². The molecule has 0 atom stereocenters. The second kappa shape index (κ2) is 6.65. The number of benzene rings is 3. The molecular weight excluding hydrogens is 310 g/mol. The van der Waals surface area contributed by atoms with Crippen molar-refractivity contribution in [3.05, 3.63) is 83.9 Å². The first kappa shape index (κ1) is 15.2. The van der Waals surface area contributed by atoms with Crippen LogP contribution in [0.25, 0.3) is 34.7 Å². The van der Waals surface area contributed by atoms with Gasteiger partial charge in [-0.15, -0.1) is 0 Å². The second-order valence-electron chi connectivity index (χ2n) is 5.68. The molecule has 3 aromatic carbocycles. The summed E-state index contributed by atoms with van der Waals surface area (Å²) < 4.78 is 11.2.